The highest BCUT2D eigenvalue weighted by Gasteiger charge is 2.35. The molecule has 2 rings (SSSR count). The number of unbranched alkanes of at least 4 members (excludes halogenated alkanes) is 1. The topological polar surface area (TPSA) is 103 Å². The van der Waals surface area contributed by atoms with Crippen LogP contribution in [0, 0.1) is 0 Å². The van der Waals surface area contributed by atoms with E-state index in [2.05, 4.69) is 5.32 Å². The molecular formula is C19H20F3N3O4. The van der Waals surface area contributed by atoms with E-state index in [1.807, 2.05) is 6.92 Å². The van der Waals surface area contributed by atoms with E-state index < -0.39 is 28.9 Å². The normalized spacial score (nSPS) is 11.2. The van der Waals surface area contributed by atoms with Crippen molar-refractivity contribution >= 4 is 11.8 Å². The molecule has 0 aliphatic carbocycles. The molecular weight excluding hydrogens is 391 g/mol. The van der Waals surface area contributed by atoms with E-state index in [9.17, 15) is 27.6 Å². The van der Waals surface area contributed by atoms with Gasteiger partial charge in [-0.25, -0.2) is 0 Å². The third kappa shape index (κ3) is 5.59. The first-order valence-corrected chi connectivity index (χ1v) is 8.78. The standard InChI is InChI=1S/C19H20F3N3O4/c1-2-3-10-24-16(26)11-29-13-6-4-12(5-7-13)25-15(19(20,21)22)9-8-14(17(23)27)18(25)28/h4-9H,2-3,10-11H2,1H3,(H2,23,27)(H,24,26). The molecule has 1 aromatic heterocycles. The zero-order chi connectivity index (χ0) is 21.6. The van der Waals surface area contributed by atoms with Crippen LogP contribution >= 0.6 is 0 Å². The summed E-state index contributed by atoms with van der Waals surface area (Å²) >= 11 is 0. The second-order valence-electron chi connectivity index (χ2n) is 6.12. The minimum Gasteiger partial charge on any atom is -0.484 e. The Morgan fingerprint density at radius 2 is 1.79 bits per heavy atom. The Hall–Kier alpha value is -3.30. The van der Waals surface area contributed by atoms with Crippen LogP contribution in [0.15, 0.2) is 41.2 Å². The third-order valence-electron chi connectivity index (χ3n) is 3.96. The summed E-state index contributed by atoms with van der Waals surface area (Å²) in [6, 6.07) is 6.43. The number of hydrogen-bond donors (Lipinski definition) is 2. The number of hydrogen-bond acceptors (Lipinski definition) is 4. The molecule has 29 heavy (non-hydrogen) atoms. The molecule has 156 valence electrons. The third-order valence-corrected chi connectivity index (χ3v) is 3.96. The first-order valence-electron chi connectivity index (χ1n) is 8.78. The summed E-state index contributed by atoms with van der Waals surface area (Å²) in [6.45, 7) is 2.25. The van der Waals surface area contributed by atoms with Crippen molar-refractivity contribution in [3.05, 3.63) is 58.0 Å². The number of halogens is 3. The minimum absolute atomic E-state index is 0.134. The van der Waals surface area contributed by atoms with Crippen LogP contribution in [0.2, 0.25) is 0 Å². The molecule has 0 spiro atoms. The predicted octanol–water partition coefficient (Wildman–Crippen LogP) is 2.25. The molecule has 0 atom stereocenters. The lowest BCUT2D eigenvalue weighted by molar-refractivity contribution is -0.142. The van der Waals surface area contributed by atoms with Crippen molar-refractivity contribution in [2.45, 2.75) is 25.9 Å². The van der Waals surface area contributed by atoms with Crippen molar-refractivity contribution in [3.8, 4) is 11.4 Å². The number of aromatic nitrogens is 1. The summed E-state index contributed by atoms with van der Waals surface area (Å²) in [7, 11) is 0. The molecule has 0 saturated heterocycles. The van der Waals surface area contributed by atoms with Crippen LogP contribution in [0.4, 0.5) is 13.2 Å². The van der Waals surface area contributed by atoms with E-state index in [-0.39, 0.29) is 24.0 Å². The number of amides is 2. The van der Waals surface area contributed by atoms with Gasteiger partial charge in [0.25, 0.3) is 17.4 Å². The maximum absolute atomic E-state index is 13.3. The second kappa shape index (κ2) is 9.26. The molecule has 1 aromatic carbocycles. The van der Waals surface area contributed by atoms with Crippen LogP contribution in [-0.4, -0.2) is 29.5 Å². The Morgan fingerprint density at radius 3 is 2.34 bits per heavy atom. The molecule has 10 heteroatoms. The Balaban J connectivity index is 2.27. The van der Waals surface area contributed by atoms with Crippen molar-refractivity contribution < 1.29 is 27.5 Å². The zero-order valence-electron chi connectivity index (χ0n) is 15.6. The number of alkyl halides is 3. The number of pyridine rings is 1. The highest BCUT2D eigenvalue weighted by molar-refractivity contribution is 5.92. The van der Waals surface area contributed by atoms with E-state index in [1.54, 1.807) is 0 Å². The van der Waals surface area contributed by atoms with Gasteiger partial charge in [0.15, 0.2) is 6.61 Å². The van der Waals surface area contributed by atoms with Crippen LogP contribution in [0.25, 0.3) is 5.69 Å². The van der Waals surface area contributed by atoms with Gasteiger partial charge in [-0.1, -0.05) is 13.3 Å². The molecule has 0 bridgehead atoms. The van der Waals surface area contributed by atoms with Gasteiger partial charge in [-0.3, -0.25) is 19.0 Å². The number of carbonyl (C=O) groups is 2. The lowest BCUT2D eigenvalue weighted by Crippen LogP contribution is -2.32. The zero-order valence-corrected chi connectivity index (χ0v) is 15.6. The van der Waals surface area contributed by atoms with Gasteiger partial charge >= 0.3 is 6.18 Å². The Bertz CT molecular complexity index is 937. The quantitative estimate of drug-likeness (QED) is 0.650. The molecule has 0 fully saturated rings. The van der Waals surface area contributed by atoms with Gasteiger partial charge in [-0.05, 0) is 42.8 Å². The Morgan fingerprint density at radius 1 is 1.14 bits per heavy atom. The number of ether oxygens (including phenoxy) is 1. The number of primary amides is 1. The molecule has 1 heterocycles. The molecule has 2 amide bonds. The highest BCUT2D eigenvalue weighted by atomic mass is 19.4. The van der Waals surface area contributed by atoms with Gasteiger partial charge in [-0.15, -0.1) is 0 Å². The number of rotatable bonds is 8. The van der Waals surface area contributed by atoms with E-state index in [0.717, 1.165) is 18.9 Å². The summed E-state index contributed by atoms with van der Waals surface area (Å²) in [4.78, 5) is 35.3. The van der Waals surface area contributed by atoms with Crippen molar-refractivity contribution in [2.75, 3.05) is 13.2 Å². The van der Waals surface area contributed by atoms with Gasteiger partial charge in [0.2, 0.25) is 0 Å². The second-order valence-corrected chi connectivity index (χ2v) is 6.12. The monoisotopic (exact) mass is 411 g/mol. The van der Waals surface area contributed by atoms with Crippen LogP contribution < -0.4 is 21.3 Å². The molecule has 0 radical (unpaired) electrons. The number of nitrogens with zero attached hydrogens (tertiary/aromatic N) is 1. The number of nitrogens with one attached hydrogen (secondary N) is 1. The molecule has 0 unspecified atom stereocenters. The summed E-state index contributed by atoms with van der Waals surface area (Å²) in [5.41, 5.74) is 1.93. The predicted molar refractivity (Wildman–Crippen MR) is 99.0 cm³/mol. The lowest BCUT2D eigenvalue weighted by atomic mass is 10.2. The summed E-state index contributed by atoms with van der Waals surface area (Å²) in [5.74, 6) is -1.23. The van der Waals surface area contributed by atoms with Gasteiger partial charge in [0.1, 0.15) is 17.0 Å². The van der Waals surface area contributed by atoms with E-state index in [1.165, 1.54) is 24.3 Å². The maximum atomic E-state index is 13.3. The van der Waals surface area contributed by atoms with Gasteiger partial charge < -0.3 is 15.8 Å². The van der Waals surface area contributed by atoms with Crippen molar-refractivity contribution in [2.24, 2.45) is 5.73 Å². The lowest BCUT2D eigenvalue weighted by Gasteiger charge is -2.16. The minimum atomic E-state index is -4.83. The maximum Gasteiger partial charge on any atom is 0.431 e. The van der Waals surface area contributed by atoms with Crippen LogP contribution in [-0.2, 0) is 11.0 Å². The Labute approximate surface area is 164 Å². The fraction of sp³-hybridized carbons (Fsp3) is 0.316. The molecule has 0 aliphatic heterocycles. The SMILES string of the molecule is CCCCNC(=O)COc1ccc(-n2c(C(F)(F)F)ccc(C(N)=O)c2=O)cc1. The van der Waals surface area contributed by atoms with Gasteiger partial charge in [-0.2, -0.15) is 13.2 Å². The molecule has 7 nitrogen and oxygen atoms in total. The molecule has 3 N–H and O–H groups in total. The van der Waals surface area contributed by atoms with E-state index in [0.29, 0.717) is 17.2 Å². The van der Waals surface area contributed by atoms with Crippen molar-refractivity contribution in [1.29, 1.82) is 0 Å². The summed E-state index contributed by atoms with van der Waals surface area (Å²) in [5, 5.41) is 2.66. The van der Waals surface area contributed by atoms with E-state index in [4.69, 9.17) is 10.5 Å². The first kappa shape index (κ1) is 22.0. The fourth-order valence-corrected chi connectivity index (χ4v) is 2.50. The van der Waals surface area contributed by atoms with Crippen molar-refractivity contribution in [3.63, 3.8) is 0 Å². The Kier molecular flexibility index (Phi) is 7.03. The van der Waals surface area contributed by atoms with Crippen LogP contribution in [0.1, 0.15) is 35.8 Å². The smallest absolute Gasteiger partial charge is 0.431 e. The van der Waals surface area contributed by atoms with Crippen LogP contribution in [0.3, 0.4) is 0 Å². The van der Waals surface area contributed by atoms with Gasteiger partial charge in [0.05, 0.1) is 0 Å². The summed E-state index contributed by atoms with van der Waals surface area (Å²) in [6.07, 6.45) is -3.07. The first-order chi connectivity index (χ1) is 13.6. The molecule has 2 aromatic rings. The number of carbonyl (C=O) groups excluding carboxylic acids is 2. The van der Waals surface area contributed by atoms with E-state index >= 15 is 0 Å². The van der Waals surface area contributed by atoms with Crippen LogP contribution in [0.5, 0.6) is 5.75 Å². The van der Waals surface area contributed by atoms with Gasteiger partial charge in [0, 0.05) is 12.2 Å². The average molecular weight is 411 g/mol. The highest BCUT2D eigenvalue weighted by Crippen LogP contribution is 2.30. The number of nitrogens with two attached hydrogens (primary N) is 1. The summed E-state index contributed by atoms with van der Waals surface area (Å²) < 4.78 is 45.6. The van der Waals surface area contributed by atoms with Crippen molar-refractivity contribution in [1.82, 2.24) is 9.88 Å². The molecule has 0 aliphatic rings. The largest absolute Gasteiger partial charge is 0.484 e. The fourth-order valence-electron chi connectivity index (χ4n) is 2.50. The number of benzene rings is 1. The average Bonchev–Trinajstić information content (AvgIpc) is 2.66. The molecule has 0 saturated carbocycles.